The lowest BCUT2D eigenvalue weighted by atomic mass is 10.1. The lowest BCUT2D eigenvalue weighted by molar-refractivity contribution is -0.235. The Labute approximate surface area is 82.2 Å². The quantitative estimate of drug-likeness (QED) is 0.554. The molecule has 0 fully saturated rings. The molecule has 0 bridgehead atoms. The van der Waals surface area contributed by atoms with E-state index in [1.165, 1.54) is 0 Å². The topological polar surface area (TPSA) is 72.6 Å². The second kappa shape index (κ2) is 4.74. The minimum Gasteiger partial charge on any atom is -0.318 e. The average Bonchev–Trinajstić information content (AvgIpc) is 2.20. The summed E-state index contributed by atoms with van der Waals surface area (Å²) < 4.78 is 0. The summed E-state index contributed by atoms with van der Waals surface area (Å²) in [5, 5.41) is 8.10. The van der Waals surface area contributed by atoms with Crippen molar-refractivity contribution in [3.63, 3.8) is 0 Å². The van der Waals surface area contributed by atoms with E-state index in [9.17, 15) is 4.79 Å². The third kappa shape index (κ3) is 2.83. The van der Waals surface area contributed by atoms with Crippen LogP contribution in [0, 0.1) is 6.92 Å². The van der Waals surface area contributed by atoms with Gasteiger partial charge in [-0.3, -0.25) is 4.89 Å². The van der Waals surface area contributed by atoms with Crippen molar-refractivity contribution in [1.29, 1.82) is 0 Å². The fraction of sp³-hybridized carbons (Fsp3) is 0.300. The Bertz CT molecular complexity index is 308. The molecule has 0 saturated carbocycles. The summed E-state index contributed by atoms with van der Waals surface area (Å²) in [7, 11) is 0. The van der Waals surface area contributed by atoms with E-state index in [0.717, 1.165) is 11.1 Å². The number of carbonyl (C=O) groups excluding carboxylic acids is 1. The van der Waals surface area contributed by atoms with E-state index in [1.807, 2.05) is 31.2 Å². The fourth-order valence-electron chi connectivity index (χ4n) is 1.13. The number of aryl methyl sites for hydroxylation is 1. The highest BCUT2D eigenvalue weighted by Crippen LogP contribution is 2.05. The molecule has 0 aliphatic rings. The van der Waals surface area contributed by atoms with E-state index in [0.29, 0.717) is 6.42 Å². The highest BCUT2D eigenvalue weighted by atomic mass is 17.1. The van der Waals surface area contributed by atoms with E-state index in [-0.39, 0.29) is 0 Å². The van der Waals surface area contributed by atoms with Gasteiger partial charge in [0.05, 0.1) is 0 Å². The first-order valence-corrected chi connectivity index (χ1v) is 4.30. The zero-order chi connectivity index (χ0) is 10.6. The third-order valence-electron chi connectivity index (χ3n) is 1.97. The molecule has 0 amide bonds. The Hall–Kier alpha value is -1.39. The molecular formula is C10H13NO3. The number of hydrogen-bond acceptors (Lipinski definition) is 4. The smallest absolute Gasteiger partial charge is 0.318 e. The van der Waals surface area contributed by atoms with Gasteiger partial charge in [-0.05, 0) is 18.9 Å². The molecule has 1 atom stereocenters. The van der Waals surface area contributed by atoms with E-state index in [1.54, 1.807) is 0 Å². The van der Waals surface area contributed by atoms with Gasteiger partial charge in [-0.15, -0.1) is 0 Å². The highest BCUT2D eigenvalue weighted by molar-refractivity contribution is 5.75. The van der Waals surface area contributed by atoms with E-state index in [4.69, 9.17) is 11.0 Å². The molecule has 14 heavy (non-hydrogen) atoms. The van der Waals surface area contributed by atoms with Crippen LogP contribution >= 0.6 is 0 Å². The van der Waals surface area contributed by atoms with Crippen LogP contribution in [-0.4, -0.2) is 17.3 Å². The molecule has 3 N–H and O–H groups in total. The van der Waals surface area contributed by atoms with Crippen LogP contribution < -0.4 is 5.73 Å². The number of nitrogens with two attached hydrogens (primary N) is 1. The Kier molecular flexibility index (Phi) is 3.62. The summed E-state index contributed by atoms with van der Waals surface area (Å²) in [4.78, 5) is 14.3. The van der Waals surface area contributed by atoms with Gasteiger partial charge in [-0.25, -0.2) is 4.79 Å². The van der Waals surface area contributed by atoms with Crippen LogP contribution in [0.5, 0.6) is 0 Å². The van der Waals surface area contributed by atoms with Gasteiger partial charge >= 0.3 is 5.97 Å². The number of hydrogen-bond donors (Lipinski definition) is 2. The molecule has 1 aromatic rings. The molecule has 0 radical (unpaired) electrons. The predicted molar refractivity (Wildman–Crippen MR) is 51.6 cm³/mol. The van der Waals surface area contributed by atoms with Crippen molar-refractivity contribution in [2.24, 2.45) is 5.73 Å². The lowest BCUT2D eigenvalue weighted by Crippen LogP contribution is -2.33. The Morgan fingerprint density at radius 1 is 1.50 bits per heavy atom. The Morgan fingerprint density at radius 3 is 2.57 bits per heavy atom. The van der Waals surface area contributed by atoms with Crippen LogP contribution in [0.2, 0.25) is 0 Å². The zero-order valence-corrected chi connectivity index (χ0v) is 7.93. The van der Waals surface area contributed by atoms with Crippen LogP contribution in [0.25, 0.3) is 0 Å². The fourth-order valence-corrected chi connectivity index (χ4v) is 1.13. The highest BCUT2D eigenvalue weighted by Gasteiger charge is 2.15. The molecule has 0 heterocycles. The number of rotatable bonds is 3. The molecule has 0 aromatic heterocycles. The van der Waals surface area contributed by atoms with Crippen molar-refractivity contribution < 1.29 is 14.9 Å². The molecule has 4 heteroatoms. The molecule has 1 unspecified atom stereocenters. The maximum absolute atomic E-state index is 10.8. The number of benzene rings is 1. The molecule has 0 spiro atoms. The third-order valence-corrected chi connectivity index (χ3v) is 1.97. The van der Waals surface area contributed by atoms with Gasteiger partial charge in [-0.1, -0.05) is 29.8 Å². The molecule has 0 saturated heterocycles. The van der Waals surface area contributed by atoms with Crippen LogP contribution in [0.1, 0.15) is 11.1 Å². The van der Waals surface area contributed by atoms with Crippen LogP contribution in [-0.2, 0) is 16.1 Å². The van der Waals surface area contributed by atoms with Crippen molar-refractivity contribution >= 4 is 5.97 Å². The summed E-state index contributed by atoms with van der Waals surface area (Å²) >= 11 is 0. The van der Waals surface area contributed by atoms with Crippen molar-refractivity contribution in [2.75, 3.05) is 0 Å². The summed E-state index contributed by atoms with van der Waals surface area (Å²) in [5.41, 5.74) is 7.55. The van der Waals surface area contributed by atoms with Gasteiger partial charge in [0.1, 0.15) is 6.04 Å². The standard InChI is InChI=1S/C10H13NO3/c1-7-2-4-8(5-3-7)6-9(11)10(12)14-13/h2-5,9,13H,6,11H2,1H3. The van der Waals surface area contributed by atoms with E-state index >= 15 is 0 Å². The normalized spacial score (nSPS) is 12.2. The second-order valence-electron chi connectivity index (χ2n) is 3.21. The number of carbonyl (C=O) groups is 1. The maximum atomic E-state index is 10.8. The summed E-state index contributed by atoms with van der Waals surface area (Å²) in [6, 6.07) is 6.83. The summed E-state index contributed by atoms with van der Waals surface area (Å²) in [6.45, 7) is 1.98. The molecule has 1 rings (SSSR count). The molecular weight excluding hydrogens is 182 g/mol. The predicted octanol–water partition coefficient (Wildman–Crippen LogP) is 0.881. The van der Waals surface area contributed by atoms with Gasteiger partial charge in [0.15, 0.2) is 0 Å². The van der Waals surface area contributed by atoms with Gasteiger partial charge in [-0.2, -0.15) is 5.26 Å². The van der Waals surface area contributed by atoms with Crippen molar-refractivity contribution in [3.05, 3.63) is 35.4 Å². The van der Waals surface area contributed by atoms with Crippen LogP contribution in [0.4, 0.5) is 0 Å². The SMILES string of the molecule is Cc1ccc(CC(N)C(=O)OO)cc1. The molecule has 0 aliphatic carbocycles. The van der Waals surface area contributed by atoms with Gasteiger partial charge < -0.3 is 5.73 Å². The second-order valence-corrected chi connectivity index (χ2v) is 3.21. The first-order valence-electron chi connectivity index (χ1n) is 4.30. The largest absolute Gasteiger partial charge is 0.358 e. The molecule has 0 aliphatic heterocycles. The Balaban J connectivity index is 2.60. The van der Waals surface area contributed by atoms with Gasteiger partial charge in [0, 0.05) is 0 Å². The summed E-state index contributed by atoms with van der Waals surface area (Å²) in [5.74, 6) is -0.814. The minimum absolute atomic E-state index is 0.361. The first-order chi connectivity index (χ1) is 6.63. The van der Waals surface area contributed by atoms with Gasteiger partial charge in [0.2, 0.25) is 0 Å². The zero-order valence-electron chi connectivity index (χ0n) is 7.93. The first kappa shape index (κ1) is 10.7. The van der Waals surface area contributed by atoms with Crippen molar-refractivity contribution in [2.45, 2.75) is 19.4 Å². The minimum atomic E-state index is -0.817. The molecule has 76 valence electrons. The van der Waals surface area contributed by atoms with E-state index in [2.05, 4.69) is 4.89 Å². The van der Waals surface area contributed by atoms with E-state index < -0.39 is 12.0 Å². The van der Waals surface area contributed by atoms with Crippen molar-refractivity contribution in [3.8, 4) is 0 Å². The maximum Gasteiger partial charge on any atom is 0.358 e. The summed E-state index contributed by atoms with van der Waals surface area (Å²) in [6.07, 6.45) is 0.361. The lowest BCUT2D eigenvalue weighted by Gasteiger charge is -2.07. The van der Waals surface area contributed by atoms with Crippen LogP contribution in [0.15, 0.2) is 24.3 Å². The Morgan fingerprint density at radius 2 is 2.07 bits per heavy atom. The monoisotopic (exact) mass is 195 g/mol. The van der Waals surface area contributed by atoms with Gasteiger partial charge in [0.25, 0.3) is 0 Å². The molecule has 4 nitrogen and oxygen atoms in total. The van der Waals surface area contributed by atoms with Crippen LogP contribution in [0.3, 0.4) is 0 Å². The molecule has 1 aromatic carbocycles. The average molecular weight is 195 g/mol. The van der Waals surface area contributed by atoms with Crippen molar-refractivity contribution in [1.82, 2.24) is 0 Å².